The molecule has 4 rings (SSSR count). The second-order valence-corrected chi connectivity index (χ2v) is 14.3. The van der Waals surface area contributed by atoms with E-state index >= 15 is 0 Å². The number of benzene rings is 2. The highest BCUT2D eigenvalue weighted by atomic mass is 35.5. The zero-order valence-corrected chi connectivity index (χ0v) is 25.6. The molecule has 2 heterocycles. The third-order valence-electron chi connectivity index (χ3n) is 6.30. The van der Waals surface area contributed by atoms with Crippen molar-refractivity contribution >= 4 is 81.9 Å². The number of carbonyl (C=O) groups is 2. The fourth-order valence-electron chi connectivity index (χ4n) is 4.67. The molecule has 0 amide bonds. The molecule has 6 nitrogen and oxygen atoms in total. The summed E-state index contributed by atoms with van der Waals surface area (Å²) in [5.74, 6) is -2.08. The summed E-state index contributed by atoms with van der Waals surface area (Å²) in [6.45, 7) is 6.05. The summed E-state index contributed by atoms with van der Waals surface area (Å²) in [5, 5.41) is 5.43. The molecular weight excluding hydrogens is 610 g/mol. The standard InChI is InChI=1S/C26H28Cl4N2O4S2/c1-3-9-25(37-21-11-17(27)5-7-19(21)29)13-31(14-25)35-23(33)24(34)36-32-15-26(16-32,10-4-2)38-22-12-18(28)6-8-20(22)30/h5-8,11-12H,3-4,9-10,13-16H2,1-2H3. The average molecular weight is 638 g/mol. The van der Waals surface area contributed by atoms with E-state index in [2.05, 4.69) is 13.8 Å². The maximum Gasteiger partial charge on any atom is 0.438 e. The van der Waals surface area contributed by atoms with Crippen LogP contribution in [0.15, 0.2) is 46.2 Å². The Bertz CT molecular complexity index is 1100. The molecule has 2 aliphatic heterocycles. The average Bonchev–Trinajstić information content (AvgIpc) is 2.81. The van der Waals surface area contributed by atoms with E-state index in [-0.39, 0.29) is 9.49 Å². The van der Waals surface area contributed by atoms with Gasteiger partial charge in [0, 0.05) is 19.8 Å². The molecule has 2 aromatic carbocycles. The molecule has 0 atom stereocenters. The molecule has 0 N–H and O–H groups in total. The molecule has 12 heteroatoms. The highest BCUT2D eigenvalue weighted by Gasteiger charge is 2.48. The first-order chi connectivity index (χ1) is 18.1. The van der Waals surface area contributed by atoms with Crippen molar-refractivity contribution in [2.24, 2.45) is 0 Å². The highest BCUT2D eigenvalue weighted by molar-refractivity contribution is 8.01. The summed E-state index contributed by atoms with van der Waals surface area (Å²) in [6.07, 6.45) is 3.67. The van der Waals surface area contributed by atoms with Crippen molar-refractivity contribution in [1.29, 1.82) is 0 Å². The Kier molecular flexibility index (Phi) is 10.1. The third-order valence-corrected chi connectivity index (χ3v) is 10.6. The molecule has 2 aliphatic rings. The Morgan fingerprint density at radius 2 is 1.11 bits per heavy atom. The van der Waals surface area contributed by atoms with E-state index in [0.29, 0.717) is 46.3 Å². The number of hydroxylamine groups is 4. The van der Waals surface area contributed by atoms with Crippen molar-refractivity contribution in [3.8, 4) is 0 Å². The van der Waals surface area contributed by atoms with Gasteiger partial charge in [0.05, 0.1) is 45.7 Å². The SMILES string of the molecule is CCCC1(Sc2cc(Cl)ccc2Cl)CN(OC(=O)C(=O)ON2CC(CCC)(Sc3cc(Cl)ccc3Cl)C2)C1. The van der Waals surface area contributed by atoms with E-state index in [0.717, 1.165) is 35.5 Å². The van der Waals surface area contributed by atoms with Crippen LogP contribution in [0.25, 0.3) is 0 Å². The molecule has 2 aromatic rings. The smallest absolute Gasteiger partial charge is 0.359 e. The van der Waals surface area contributed by atoms with E-state index < -0.39 is 11.9 Å². The molecule has 0 radical (unpaired) electrons. The molecule has 38 heavy (non-hydrogen) atoms. The highest BCUT2D eigenvalue weighted by Crippen LogP contribution is 2.47. The lowest BCUT2D eigenvalue weighted by molar-refractivity contribution is -0.240. The van der Waals surface area contributed by atoms with Gasteiger partial charge in [0.15, 0.2) is 0 Å². The van der Waals surface area contributed by atoms with Gasteiger partial charge in [-0.1, -0.05) is 73.1 Å². The second-order valence-electron chi connectivity index (χ2n) is 9.57. The minimum atomic E-state index is -1.04. The number of hydrogen-bond donors (Lipinski definition) is 0. The quantitative estimate of drug-likeness (QED) is 0.245. The van der Waals surface area contributed by atoms with Crippen LogP contribution in [0.3, 0.4) is 0 Å². The Labute approximate surface area is 251 Å². The fourth-order valence-corrected chi connectivity index (χ4v) is 8.69. The Morgan fingerprint density at radius 3 is 1.45 bits per heavy atom. The van der Waals surface area contributed by atoms with Gasteiger partial charge in [-0.2, -0.15) is 0 Å². The first-order valence-electron chi connectivity index (χ1n) is 12.3. The molecule has 206 valence electrons. The summed E-state index contributed by atoms with van der Waals surface area (Å²) < 4.78 is -0.382. The second kappa shape index (κ2) is 12.8. The predicted octanol–water partition coefficient (Wildman–Crippen LogP) is 7.81. The van der Waals surface area contributed by atoms with Gasteiger partial charge < -0.3 is 9.68 Å². The van der Waals surface area contributed by atoms with Crippen LogP contribution in [-0.2, 0) is 19.3 Å². The minimum Gasteiger partial charge on any atom is -0.359 e. The van der Waals surface area contributed by atoms with Crippen LogP contribution in [0.4, 0.5) is 0 Å². The zero-order valence-electron chi connectivity index (χ0n) is 21.0. The van der Waals surface area contributed by atoms with Gasteiger partial charge in [-0.15, -0.1) is 33.7 Å². The summed E-state index contributed by atoms with van der Waals surface area (Å²) in [5.41, 5.74) is 0. The van der Waals surface area contributed by atoms with Gasteiger partial charge in [0.2, 0.25) is 0 Å². The van der Waals surface area contributed by atoms with Crippen molar-refractivity contribution in [1.82, 2.24) is 10.1 Å². The van der Waals surface area contributed by atoms with Gasteiger partial charge in [-0.3, -0.25) is 0 Å². The zero-order chi connectivity index (χ0) is 27.5. The number of carbonyl (C=O) groups excluding carboxylic acids is 2. The van der Waals surface area contributed by atoms with E-state index in [1.165, 1.54) is 10.1 Å². The van der Waals surface area contributed by atoms with Crippen LogP contribution < -0.4 is 0 Å². The molecule has 0 unspecified atom stereocenters. The first kappa shape index (κ1) is 30.1. The van der Waals surface area contributed by atoms with E-state index in [9.17, 15) is 9.59 Å². The van der Waals surface area contributed by atoms with Gasteiger partial charge in [0.1, 0.15) is 0 Å². The van der Waals surface area contributed by atoms with Crippen molar-refractivity contribution in [2.45, 2.75) is 58.8 Å². The predicted molar refractivity (Wildman–Crippen MR) is 155 cm³/mol. The molecule has 2 saturated heterocycles. The number of halogens is 4. The van der Waals surface area contributed by atoms with Crippen LogP contribution >= 0.6 is 69.9 Å². The molecule has 2 fully saturated rings. The lowest BCUT2D eigenvalue weighted by Crippen LogP contribution is -2.61. The molecule has 0 bridgehead atoms. The third kappa shape index (κ3) is 7.26. The number of nitrogens with zero attached hydrogens (tertiary/aromatic N) is 2. The van der Waals surface area contributed by atoms with Crippen molar-refractivity contribution in [3.05, 3.63) is 56.5 Å². The molecule has 0 aromatic heterocycles. The van der Waals surface area contributed by atoms with Crippen LogP contribution in [0.1, 0.15) is 39.5 Å². The minimum absolute atomic E-state index is 0.191. The van der Waals surface area contributed by atoms with Crippen LogP contribution in [0.5, 0.6) is 0 Å². The summed E-state index contributed by atoms with van der Waals surface area (Å²) in [4.78, 5) is 37.3. The Balaban J connectivity index is 1.28. The van der Waals surface area contributed by atoms with Crippen LogP contribution in [-0.4, -0.2) is 57.7 Å². The van der Waals surface area contributed by atoms with Gasteiger partial charge in [-0.05, 0) is 49.2 Å². The Morgan fingerprint density at radius 1 is 0.737 bits per heavy atom. The fraction of sp³-hybridized carbons (Fsp3) is 0.462. The lowest BCUT2D eigenvalue weighted by Gasteiger charge is -2.48. The normalized spacial score (nSPS) is 18.4. The van der Waals surface area contributed by atoms with Gasteiger partial charge in [0.25, 0.3) is 0 Å². The number of hydrogen-bond acceptors (Lipinski definition) is 8. The van der Waals surface area contributed by atoms with E-state index in [1.54, 1.807) is 47.8 Å². The van der Waals surface area contributed by atoms with Gasteiger partial charge >= 0.3 is 11.9 Å². The van der Waals surface area contributed by atoms with Gasteiger partial charge in [-0.25, -0.2) is 9.59 Å². The molecular formula is C26H28Cl4N2O4S2. The monoisotopic (exact) mass is 636 g/mol. The molecule has 0 spiro atoms. The van der Waals surface area contributed by atoms with Crippen molar-refractivity contribution in [3.63, 3.8) is 0 Å². The largest absolute Gasteiger partial charge is 0.438 e. The maximum atomic E-state index is 12.5. The van der Waals surface area contributed by atoms with Crippen molar-refractivity contribution in [2.75, 3.05) is 26.2 Å². The van der Waals surface area contributed by atoms with E-state index in [1.807, 2.05) is 12.1 Å². The topological polar surface area (TPSA) is 59.1 Å². The van der Waals surface area contributed by atoms with E-state index in [4.69, 9.17) is 56.1 Å². The summed E-state index contributed by atoms with van der Waals surface area (Å²) in [6, 6.07) is 10.7. The van der Waals surface area contributed by atoms with Crippen LogP contribution in [0.2, 0.25) is 20.1 Å². The number of thioether (sulfide) groups is 2. The summed E-state index contributed by atoms with van der Waals surface area (Å²) in [7, 11) is 0. The molecule has 0 saturated carbocycles. The van der Waals surface area contributed by atoms with Crippen LogP contribution in [0, 0.1) is 0 Å². The number of rotatable bonds is 10. The maximum absolute atomic E-state index is 12.5. The molecule has 0 aliphatic carbocycles. The summed E-state index contributed by atoms with van der Waals surface area (Å²) >= 11 is 28.2. The lowest BCUT2D eigenvalue weighted by atomic mass is 9.96. The Hall–Kier alpha value is -0.840. The first-order valence-corrected chi connectivity index (χ1v) is 15.4. The van der Waals surface area contributed by atoms with Crippen molar-refractivity contribution < 1.29 is 19.3 Å².